The van der Waals surface area contributed by atoms with Gasteiger partial charge in [0.15, 0.2) is 6.54 Å². The highest BCUT2D eigenvalue weighted by Gasteiger charge is 2.24. The number of rotatable bonds is 7. The summed E-state index contributed by atoms with van der Waals surface area (Å²) in [6, 6.07) is 17.4. The number of quaternary nitrogens is 2. The fraction of sp³-hybridized carbons (Fsp3) is 0.333. The molecule has 1 heterocycles. The minimum Gasteiger partial charge on any atom is -0.345 e. The number of amides is 2. The van der Waals surface area contributed by atoms with E-state index in [0.29, 0.717) is 12.1 Å². The van der Waals surface area contributed by atoms with E-state index in [-0.39, 0.29) is 11.8 Å². The van der Waals surface area contributed by atoms with Gasteiger partial charge in [0.25, 0.3) is 11.8 Å². The summed E-state index contributed by atoms with van der Waals surface area (Å²) in [5, 5.41) is 2.95. The van der Waals surface area contributed by atoms with Crippen LogP contribution >= 0.6 is 0 Å². The Morgan fingerprint density at radius 1 is 0.933 bits per heavy atom. The van der Waals surface area contributed by atoms with Crippen molar-refractivity contribution in [2.75, 3.05) is 58.7 Å². The molecule has 1 aliphatic heterocycles. The van der Waals surface area contributed by atoms with Crippen LogP contribution in [0.2, 0.25) is 0 Å². The summed E-state index contributed by atoms with van der Waals surface area (Å²) < 4.78 is 0. The predicted octanol–water partition coefficient (Wildman–Crippen LogP) is -0.176. The molecule has 0 radical (unpaired) electrons. The highest BCUT2D eigenvalue weighted by Crippen LogP contribution is 2.10. The highest BCUT2D eigenvalue weighted by molar-refractivity contribution is 5.95. The van der Waals surface area contributed by atoms with Crippen LogP contribution in [0.25, 0.3) is 6.08 Å². The Morgan fingerprint density at radius 3 is 2.20 bits per heavy atom. The van der Waals surface area contributed by atoms with Crippen molar-refractivity contribution >= 4 is 23.6 Å². The molecule has 0 aliphatic carbocycles. The van der Waals surface area contributed by atoms with Crippen LogP contribution in [0.5, 0.6) is 0 Å². The number of carbonyl (C=O) groups is 2. The van der Waals surface area contributed by atoms with Crippen LogP contribution in [-0.2, 0) is 4.79 Å². The fourth-order valence-corrected chi connectivity index (χ4v) is 3.65. The zero-order valence-electron chi connectivity index (χ0n) is 17.9. The second-order valence-electron chi connectivity index (χ2n) is 8.02. The predicted molar refractivity (Wildman–Crippen MR) is 120 cm³/mol. The Balaban J connectivity index is 1.39. The summed E-state index contributed by atoms with van der Waals surface area (Å²) in [6.45, 7) is 5.64. The molecule has 0 bridgehead atoms. The SMILES string of the molecule is CN(C)C(=O)c1ccc(NC(=O)C[NH+]2CC[NH+](C/C=C/c3ccccc3)CC2)cc1. The monoisotopic (exact) mass is 408 g/mol. The maximum atomic E-state index is 12.4. The van der Waals surface area contributed by atoms with Gasteiger partial charge in [0.05, 0.1) is 6.54 Å². The lowest BCUT2D eigenvalue weighted by molar-refractivity contribution is -1.01. The van der Waals surface area contributed by atoms with Crippen molar-refractivity contribution in [1.82, 2.24) is 4.90 Å². The first-order chi connectivity index (χ1) is 14.5. The average Bonchev–Trinajstić information content (AvgIpc) is 2.75. The molecule has 0 atom stereocenters. The molecule has 30 heavy (non-hydrogen) atoms. The van der Waals surface area contributed by atoms with E-state index in [0.717, 1.165) is 38.4 Å². The smallest absolute Gasteiger partial charge is 0.279 e. The Hall–Kier alpha value is -2.96. The van der Waals surface area contributed by atoms with Crippen LogP contribution in [-0.4, -0.2) is 70.1 Å². The van der Waals surface area contributed by atoms with Gasteiger partial charge in [-0.15, -0.1) is 0 Å². The van der Waals surface area contributed by atoms with Crippen LogP contribution in [0.4, 0.5) is 5.69 Å². The fourth-order valence-electron chi connectivity index (χ4n) is 3.65. The number of piperazine rings is 1. The standard InChI is InChI=1S/C24H30N4O2/c1-26(2)24(30)21-10-12-22(13-11-21)25-23(29)19-28-17-15-27(16-18-28)14-6-9-20-7-4-3-5-8-20/h3-13H,14-19H2,1-2H3,(H,25,29)/p+2/b9-6+. The van der Waals surface area contributed by atoms with E-state index in [1.165, 1.54) is 15.4 Å². The van der Waals surface area contributed by atoms with Crippen molar-refractivity contribution in [2.24, 2.45) is 0 Å². The Bertz CT molecular complexity index is 855. The number of hydrogen-bond acceptors (Lipinski definition) is 2. The molecule has 2 aromatic carbocycles. The molecule has 6 heteroatoms. The van der Waals surface area contributed by atoms with Crippen molar-refractivity contribution in [2.45, 2.75) is 0 Å². The summed E-state index contributed by atoms with van der Waals surface area (Å²) in [6.07, 6.45) is 4.42. The third kappa shape index (κ3) is 6.54. The van der Waals surface area contributed by atoms with Crippen LogP contribution in [0.3, 0.4) is 0 Å². The Morgan fingerprint density at radius 2 is 1.57 bits per heavy atom. The van der Waals surface area contributed by atoms with E-state index < -0.39 is 0 Å². The maximum absolute atomic E-state index is 12.4. The van der Waals surface area contributed by atoms with Gasteiger partial charge in [0, 0.05) is 25.3 Å². The quantitative estimate of drug-likeness (QED) is 0.596. The molecule has 0 spiro atoms. The van der Waals surface area contributed by atoms with E-state index in [4.69, 9.17) is 0 Å². The lowest BCUT2D eigenvalue weighted by Gasteiger charge is -2.28. The zero-order chi connectivity index (χ0) is 21.3. The van der Waals surface area contributed by atoms with Crippen molar-refractivity contribution in [1.29, 1.82) is 0 Å². The second kappa shape index (κ2) is 10.7. The maximum Gasteiger partial charge on any atom is 0.279 e. The number of nitrogens with one attached hydrogen (secondary N) is 3. The molecule has 0 aromatic heterocycles. The molecule has 158 valence electrons. The third-order valence-electron chi connectivity index (χ3n) is 5.41. The van der Waals surface area contributed by atoms with Gasteiger partial charge in [0.2, 0.25) is 0 Å². The van der Waals surface area contributed by atoms with Crippen molar-refractivity contribution < 1.29 is 19.4 Å². The van der Waals surface area contributed by atoms with E-state index >= 15 is 0 Å². The molecule has 6 nitrogen and oxygen atoms in total. The van der Waals surface area contributed by atoms with Crippen LogP contribution in [0.15, 0.2) is 60.7 Å². The molecule has 3 rings (SSSR count). The van der Waals surface area contributed by atoms with Gasteiger partial charge in [0.1, 0.15) is 26.2 Å². The third-order valence-corrected chi connectivity index (χ3v) is 5.41. The molecule has 1 fully saturated rings. The molecule has 3 N–H and O–H groups in total. The Labute approximate surface area is 178 Å². The van der Waals surface area contributed by atoms with Gasteiger partial charge in [-0.05, 0) is 35.9 Å². The minimum atomic E-state index is -0.0451. The first-order valence-electron chi connectivity index (χ1n) is 10.5. The number of carbonyl (C=O) groups excluding carboxylic acids is 2. The number of hydrogen-bond donors (Lipinski definition) is 3. The van der Waals surface area contributed by atoms with Gasteiger partial charge < -0.3 is 20.0 Å². The van der Waals surface area contributed by atoms with Crippen molar-refractivity contribution in [3.63, 3.8) is 0 Å². The van der Waals surface area contributed by atoms with Crippen molar-refractivity contribution in [3.8, 4) is 0 Å². The number of benzene rings is 2. The van der Waals surface area contributed by atoms with E-state index in [1.807, 2.05) is 6.07 Å². The van der Waals surface area contributed by atoms with Gasteiger partial charge in [-0.1, -0.05) is 36.4 Å². The molecular formula is C24H32N4O2+2. The normalized spacial score (nSPS) is 18.9. The summed E-state index contributed by atoms with van der Waals surface area (Å²) >= 11 is 0. The second-order valence-corrected chi connectivity index (χ2v) is 8.02. The molecule has 0 unspecified atom stereocenters. The Kier molecular flexibility index (Phi) is 7.76. The summed E-state index contributed by atoms with van der Waals surface area (Å²) in [7, 11) is 3.45. The van der Waals surface area contributed by atoms with E-state index in [1.54, 1.807) is 43.3 Å². The topological polar surface area (TPSA) is 58.3 Å². The molecule has 2 aromatic rings. The summed E-state index contributed by atoms with van der Waals surface area (Å²) in [4.78, 5) is 28.7. The summed E-state index contributed by atoms with van der Waals surface area (Å²) in [5.74, 6) is -0.0274. The average molecular weight is 409 g/mol. The molecular weight excluding hydrogens is 376 g/mol. The largest absolute Gasteiger partial charge is 0.345 e. The lowest BCUT2D eigenvalue weighted by Crippen LogP contribution is -3.28. The van der Waals surface area contributed by atoms with E-state index in [2.05, 4.69) is 41.7 Å². The summed E-state index contributed by atoms with van der Waals surface area (Å²) in [5.41, 5.74) is 2.57. The van der Waals surface area contributed by atoms with Crippen molar-refractivity contribution in [3.05, 3.63) is 71.8 Å². The highest BCUT2D eigenvalue weighted by atomic mass is 16.2. The first kappa shape index (κ1) is 21.7. The van der Waals surface area contributed by atoms with E-state index in [9.17, 15) is 9.59 Å². The van der Waals surface area contributed by atoms with Gasteiger partial charge in [-0.2, -0.15) is 0 Å². The lowest BCUT2D eigenvalue weighted by atomic mass is 10.2. The number of nitrogens with zero attached hydrogens (tertiary/aromatic N) is 1. The van der Waals surface area contributed by atoms with Gasteiger partial charge in [-0.3, -0.25) is 9.59 Å². The molecule has 2 amide bonds. The van der Waals surface area contributed by atoms with Gasteiger partial charge >= 0.3 is 0 Å². The minimum absolute atomic E-state index is 0.0177. The first-order valence-corrected chi connectivity index (χ1v) is 10.5. The van der Waals surface area contributed by atoms with Crippen LogP contribution in [0, 0.1) is 0 Å². The van der Waals surface area contributed by atoms with Gasteiger partial charge in [-0.25, -0.2) is 0 Å². The van der Waals surface area contributed by atoms with Crippen LogP contribution < -0.4 is 15.1 Å². The molecule has 1 aliphatic rings. The molecule has 1 saturated heterocycles. The number of anilines is 1. The zero-order valence-corrected chi connectivity index (χ0v) is 17.9. The van der Waals surface area contributed by atoms with Crippen LogP contribution in [0.1, 0.15) is 15.9 Å². The molecule has 0 saturated carbocycles.